The van der Waals surface area contributed by atoms with Crippen molar-refractivity contribution in [3.8, 4) is 0 Å². The van der Waals surface area contributed by atoms with Crippen molar-refractivity contribution in [2.75, 3.05) is 13.1 Å². The fourth-order valence-corrected chi connectivity index (χ4v) is 2.83. The number of carbonyl (C=O) groups is 2. The fourth-order valence-electron chi connectivity index (χ4n) is 2.51. The van der Waals surface area contributed by atoms with E-state index in [4.69, 9.17) is 27.9 Å². The first-order valence-electron chi connectivity index (χ1n) is 7.60. The van der Waals surface area contributed by atoms with Gasteiger partial charge in [0.1, 0.15) is 11.4 Å². The van der Waals surface area contributed by atoms with Crippen LogP contribution in [0.15, 0.2) is 18.2 Å². The van der Waals surface area contributed by atoms with E-state index in [9.17, 15) is 9.59 Å². The van der Waals surface area contributed by atoms with Gasteiger partial charge in [-0.15, -0.1) is 0 Å². The molecule has 1 aromatic carbocycles. The Labute approximate surface area is 146 Å². The monoisotopic (exact) mass is 357 g/mol. The number of nitrogens with zero attached hydrogens (tertiary/aromatic N) is 1. The number of hydrogen-bond donors (Lipinski definition) is 0. The SMILES string of the molecule is CC(C)(C)OC(=O)N1CCC(C(=O)Cc2ccc(Cl)c(Cl)c2)C1. The van der Waals surface area contributed by atoms with Gasteiger partial charge in [-0.2, -0.15) is 0 Å². The topological polar surface area (TPSA) is 46.6 Å². The molecule has 4 nitrogen and oxygen atoms in total. The number of ketones is 1. The number of likely N-dealkylation sites (tertiary alicyclic amines) is 1. The maximum Gasteiger partial charge on any atom is 0.410 e. The largest absolute Gasteiger partial charge is 0.444 e. The number of halogens is 2. The van der Waals surface area contributed by atoms with Crippen molar-refractivity contribution >= 4 is 35.1 Å². The van der Waals surface area contributed by atoms with E-state index >= 15 is 0 Å². The highest BCUT2D eigenvalue weighted by Gasteiger charge is 2.33. The molecule has 6 heteroatoms. The number of rotatable bonds is 3. The van der Waals surface area contributed by atoms with Gasteiger partial charge in [-0.1, -0.05) is 29.3 Å². The van der Waals surface area contributed by atoms with E-state index in [-0.39, 0.29) is 17.8 Å². The maximum absolute atomic E-state index is 12.4. The van der Waals surface area contributed by atoms with E-state index in [1.807, 2.05) is 20.8 Å². The van der Waals surface area contributed by atoms with Crippen molar-refractivity contribution in [1.29, 1.82) is 0 Å². The van der Waals surface area contributed by atoms with Gasteiger partial charge in [-0.3, -0.25) is 4.79 Å². The molecule has 1 fully saturated rings. The lowest BCUT2D eigenvalue weighted by Gasteiger charge is -2.24. The van der Waals surface area contributed by atoms with Gasteiger partial charge in [-0.25, -0.2) is 4.79 Å². The highest BCUT2D eigenvalue weighted by atomic mass is 35.5. The minimum Gasteiger partial charge on any atom is -0.444 e. The molecule has 1 amide bonds. The van der Waals surface area contributed by atoms with Gasteiger partial charge >= 0.3 is 6.09 Å². The molecular formula is C17H21Cl2NO3. The van der Waals surface area contributed by atoms with Crippen molar-refractivity contribution in [2.24, 2.45) is 5.92 Å². The fraction of sp³-hybridized carbons (Fsp3) is 0.529. The summed E-state index contributed by atoms with van der Waals surface area (Å²) in [6, 6.07) is 5.20. The second kappa shape index (κ2) is 7.10. The molecule has 126 valence electrons. The normalized spacial score (nSPS) is 18.1. The third kappa shape index (κ3) is 5.11. The van der Waals surface area contributed by atoms with Crippen LogP contribution >= 0.6 is 23.2 Å². The van der Waals surface area contributed by atoms with E-state index in [2.05, 4.69) is 0 Å². The molecule has 0 N–H and O–H groups in total. The van der Waals surface area contributed by atoms with Crippen LogP contribution in [0.4, 0.5) is 4.79 Å². The summed E-state index contributed by atoms with van der Waals surface area (Å²) in [7, 11) is 0. The van der Waals surface area contributed by atoms with Gasteiger partial charge in [0.05, 0.1) is 10.0 Å². The van der Waals surface area contributed by atoms with E-state index < -0.39 is 5.60 Å². The van der Waals surface area contributed by atoms with Crippen LogP contribution in [0.1, 0.15) is 32.8 Å². The van der Waals surface area contributed by atoms with Crippen molar-refractivity contribution in [3.05, 3.63) is 33.8 Å². The van der Waals surface area contributed by atoms with Gasteiger partial charge in [0.2, 0.25) is 0 Å². The summed E-state index contributed by atoms with van der Waals surface area (Å²) in [6.45, 7) is 6.44. The molecule has 0 saturated carbocycles. The average molecular weight is 358 g/mol. The van der Waals surface area contributed by atoms with Gasteiger partial charge < -0.3 is 9.64 Å². The lowest BCUT2D eigenvalue weighted by atomic mass is 9.97. The van der Waals surface area contributed by atoms with Crippen LogP contribution < -0.4 is 0 Å². The van der Waals surface area contributed by atoms with Gasteiger partial charge in [0.15, 0.2) is 0 Å². The molecule has 1 unspecified atom stereocenters. The zero-order valence-electron chi connectivity index (χ0n) is 13.6. The average Bonchev–Trinajstić information content (AvgIpc) is 2.91. The summed E-state index contributed by atoms with van der Waals surface area (Å²) in [4.78, 5) is 26.0. The van der Waals surface area contributed by atoms with Gasteiger partial charge in [-0.05, 0) is 44.9 Å². The molecule has 23 heavy (non-hydrogen) atoms. The molecule has 1 atom stereocenters. The van der Waals surface area contributed by atoms with Gasteiger partial charge in [0.25, 0.3) is 0 Å². The Morgan fingerprint density at radius 2 is 1.96 bits per heavy atom. The molecule has 1 saturated heterocycles. The summed E-state index contributed by atoms with van der Waals surface area (Å²) >= 11 is 11.8. The molecule has 1 aliphatic heterocycles. The second-order valence-electron chi connectivity index (χ2n) is 6.80. The van der Waals surface area contributed by atoms with Crippen molar-refractivity contribution in [3.63, 3.8) is 0 Å². The number of benzene rings is 1. The van der Waals surface area contributed by atoms with Crippen LogP contribution in [0.5, 0.6) is 0 Å². The molecule has 0 spiro atoms. The first-order valence-corrected chi connectivity index (χ1v) is 8.36. The number of carbonyl (C=O) groups excluding carboxylic acids is 2. The predicted molar refractivity (Wildman–Crippen MR) is 91.1 cm³/mol. The van der Waals surface area contributed by atoms with E-state index in [1.165, 1.54) is 0 Å². The Bertz CT molecular complexity index is 610. The first-order chi connectivity index (χ1) is 10.7. The third-order valence-corrected chi connectivity index (χ3v) is 4.40. The highest BCUT2D eigenvalue weighted by Crippen LogP contribution is 2.25. The lowest BCUT2D eigenvalue weighted by Crippen LogP contribution is -2.36. The summed E-state index contributed by atoms with van der Waals surface area (Å²) in [5.41, 5.74) is 0.305. The minimum absolute atomic E-state index is 0.106. The zero-order chi connectivity index (χ0) is 17.2. The Hall–Kier alpha value is -1.26. The van der Waals surface area contributed by atoms with Crippen molar-refractivity contribution in [1.82, 2.24) is 4.90 Å². The summed E-state index contributed by atoms with van der Waals surface area (Å²) < 4.78 is 5.34. The van der Waals surface area contributed by atoms with Crippen LogP contribution in [0.25, 0.3) is 0 Å². The quantitative estimate of drug-likeness (QED) is 0.807. The number of Topliss-reactive ketones (excluding diaryl/α,β-unsaturated/α-hetero) is 1. The molecule has 0 aromatic heterocycles. The number of ether oxygens (including phenoxy) is 1. The highest BCUT2D eigenvalue weighted by molar-refractivity contribution is 6.42. The zero-order valence-corrected chi connectivity index (χ0v) is 15.1. The minimum atomic E-state index is -0.529. The number of hydrogen-bond acceptors (Lipinski definition) is 3. The van der Waals surface area contributed by atoms with Crippen LogP contribution in [-0.4, -0.2) is 35.5 Å². The third-order valence-electron chi connectivity index (χ3n) is 3.66. The molecule has 0 radical (unpaired) electrons. The van der Waals surface area contributed by atoms with E-state index in [0.29, 0.717) is 36.0 Å². The predicted octanol–water partition coefficient (Wildman–Crippen LogP) is 4.36. The first kappa shape index (κ1) is 18.1. The Morgan fingerprint density at radius 3 is 2.57 bits per heavy atom. The molecule has 1 heterocycles. The van der Waals surface area contributed by atoms with Crippen molar-refractivity contribution < 1.29 is 14.3 Å². The van der Waals surface area contributed by atoms with Crippen LogP contribution in [0, 0.1) is 5.92 Å². The molecule has 1 aliphatic rings. The van der Waals surface area contributed by atoms with Gasteiger partial charge in [0, 0.05) is 25.4 Å². The Morgan fingerprint density at radius 1 is 1.26 bits per heavy atom. The van der Waals surface area contributed by atoms with E-state index in [1.54, 1.807) is 23.1 Å². The Balaban J connectivity index is 1.92. The summed E-state index contributed by atoms with van der Waals surface area (Å²) in [5.74, 6) is -0.0496. The lowest BCUT2D eigenvalue weighted by molar-refractivity contribution is -0.121. The summed E-state index contributed by atoms with van der Waals surface area (Å²) in [6.07, 6.45) is 0.602. The molecule has 0 aliphatic carbocycles. The molecule has 2 rings (SSSR count). The second-order valence-corrected chi connectivity index (χ2v) is 7.62. The molecule has 0 bridgehead atoms. The van der Waals surface area contributed by atoms with Crippen molar-refractivity contribution in [2.45, 2.75) is 39.2 Å². The smallest absolute Gasteiger partial charge is 0.410 e. The maximum atomic E-state index is 12.4. The molecule has 1 aromatic rings. The van der Waals surface area contributed by atoms with Crippen LogP contribution in [0.3, 0.4) is 0 Å². The standard InChI is InChI=1S/C17H21Cl2NO3/c1-17(2,3)23-16(22)20-7-6-12(10-20)15(21)9-11-4-5-13(18)14(19)8-11/h4-5,8,12H,6-7,9-10H2,1-3H3. The number of amides is 1. The Kier molecular flexibility index (Phi) is 5.58. The van der Waals surface area contributed by atoms with Crippen LogP contribution in [-0.2, 0) is 16.0 Å². The summed E-state index contributed by atoms with van der Waals surface area (Å²) in [5, 5.41) is 0.915. The van der Waals surface area contributed by atoms with Crippen LogP contribution in [0.2, 0.25) is 10.0 Å². The van der Waals surface area contributed by atoms with E-state index in [0.717, 1.165) is 5.56 Å². The molecular weight excluding hydrogens is 337 g/mol.